The molecule has 0 saturated carbocycles. The zero-order valence-electron chi connectivity index (χ0n) is 13.2. The zero-order valence-corrected chi connectivity index (χ0v) is 13.2. The highest BCUT2D eigenvalue weighted by Crippen LogP contribution is 2.15. The van der Waals surface area contributed by atoms with Gasteiger partial charge in [-0.25, -0.2) is 0 Å². The first-order valence-corrected chi connectivity index (χ1v) is 7.57. The van der Waals surface area contributed by atoms with E-state index in [1.54, 1.807) is 0 Å². The van der Waals surface area contributed by atoms with E-state index in [2.05, 4.69) is 37.5 Å². The van der Waals surface area contributed by atoms with Gasteiger partial charge in [-0.15, -0.1) is 0 Å². The van der Waals surface area contributed by atoms with Gasteiger partial charge < -0.3 is 4.74 Å². The maximum absolute atomic E-state index is 12.1. The van der Waals surface area contributed by atoms with Gasteiger partial charge in [-0.05, 0) is 18.8 Å². The maximum Gasteiger partial charge on any atom is 0.324 e. The van der Waals surface area contributed by atoms with Crippen LogP contribution < -0.4 is 0 Å². The summed E-state index contributed by atoms with van der Waals surface area (Å²) in [5, 5.41) is 0. The summed E-state index contributed by atoms with van der Waals surface area (Å²) >= 11 is 0. The lowest BCUT2D eigenvalue weighted by Gasteiger charge is -2.41. The van der Waals surface area contributed by atoms with Crippen LogP contribution in [0.4, 0.5) is 0 Å². The molecule has 1 saturated heterocycles. The molecule has 1 aliphatic heterocycles. The molecule has 4 heteroatoms. The summed E-state index contributed by atoms with van der Waals surface area (Å²) in [6.45, 7) is 16.0. The lowest BCUT2D eigenvalue weighted by atomic mass is 10.1. The second-order valence-corrected chi connectivity index (χ2v) is 6.31. The Kier molecular flexibility index (Phi) is 6.80. The average Bonchev–Trinajstić information content (AvgIpc) is 2.30. The molecule has 4 nitrogen and oxygen atoms in total. The fourth-order valence-corrected chi connectivity index (χ4v) is 2.71. The minimum absolute atomic E-state index is 0.0587. The Morgan fingerprint density at radius 3 is 2.32 bits per heavy atom. The van der Waals surface area contributed by atoms with E-state index in [4.69, 9.17) is 4.74 Å². The van der Waals surface area contributed by atoms with Crippen molar-refractivity contribution in [3.8, 4) is 0 Å². The molecule has 0 aromatic rings. The molecule has 0 bridgehead atoms. The highest BCUT2D eigenvalue weighted by Gasteiger charge is 2.33. The Bertz CT molecular complexity index is 279. The van der Waals surface area contributed by atoms with Crippen molar-refractivity contribution in [3.63, 3.8) is 0 Å². The predicted octanol–water partition coefficient (Wildman–Crippen LogP) is 1.85. The third kappa shape index (κ3) is 5.49. The zero-order chi connectivity index (χ0) is 14.4. The van der Waals surface area contributed by atoms with Crippen LogP contribution in [0.5, 0.6) is 0 Å². The van der Waals surface area contributed by atoms with E-state index in [0.29, 0.717) is 18.4 Å². The summed E-state index contributed by atoms with van der Waals surface area (Å²) in [6.07, 6.45) is 0. The van der Waals surface area contributed by atoms with E-state index in [1.807, 2.05) is 6.92 Å². The van der Waals surface area contributed by atoms with Gasteiger partial charge in [0, 0.05) is 32.7 Å². The largest absolute Gasteiger partial charge is 0.465 e. The molecule has 1 atom stereocenters. The van der Waals surface area contributed by atoms with Gasteiger partial charge >= 0.3 is 5.97 Å². The third-order valence-corrected chi connectivity index (χ3v) is 3.36. The number of piperazine rings is 1. The van der Waals surface area contributed by atoms with Crippen molar-refractivity contribution in [2.75, 3.05) is 39.3 Å². The molecule has 1 fully saturated rings. The molecule has 0 aromatic carbocycles. The average molecular weight is 270 g/mol. The third-order valence-electron chi connectivity index (χ3n) is 3.36. The van der Waals surface area contributed by atoms with Crippen molar-refractivity contribution in [2.24, 2.45) is 11.8 Å². The van der Waals surface area contributed by atoms with Crippen LogP contribution in [0.3, 0.4) is 0 Å². The second kappa shape index (κ2) is 7.85. The molecule has 112 valence electrons. The minimum atomic E-state index is -0.0881. The quantitative estimate of drug-likeness (QED) is 0.690. The summed E-state index contributed by atoms with van der Waals surface area (Å²) in [4.78, 5) is 16.8. The number of ether oxygens (including phenoxy) is 1. The van der Waals surface area contributed by atoms with E-state index < -0.39 is 0 Å². The normalized spacial score (nSPS) is 22.2. The highest BCUT2D eigenvalue weighted by atomic mass is 16.5. The fourth-order valence-electron chi connectivity index (χ4n) is 2.71. The molecule has 0 amide bonds. The van der Waals surface area contributed by atoms with Crippen LogP contribution in [0.1, 0.15) is 34.6 Å². The van der Waals surface area contributed by atoms with Crippen LogP contribution in [0.2, 0.25) is 0 Å². The number of nitrogens with zero attached hydrogens (tertiary/aromatic N) is 2. The smallest absolute Gasteiger partial charge is 0.324 e. The molecule has 1 rings (SSSR count). The molecule has 0 radical (unpaired) electrons. The summed E-state index contributed by atoms with van der Waals surface area (Å²) in [6, 6.07) is -0.0881. The topological polar surface area (TPSA) is 32.8 Å². The summed E-state index contributed by atoms with van der Waals surface area (Å²) < 4.78 is 5.24. The molecule has 0 N–H and O–H groups in total. The molecule has 0 spiro atoms. The van der Waals surface area contributed by atoms with Gasteiger partial charge in [0.25, 0.3) is 0 Å². The molecule has 19 heavy (non-hydrogen) atoms. The SMILES string of the molecule is CCOC(=O)C1CN(CC(C)C)CCN1CC(C)C. The first kappa shape index (κ1) is 16.4. The number of rotatable bonds is 6. The Morgan fingerprint density at radius 2 is 1.79 bits per heavy atom. The molecule has 1 unspecified atom stereocenters. The molecular weight excluding hydrogens is 240 g/mol. The van der Waals surface area contributed by atoms with Gasteiger partial charge in [-0.2, -0.15) is 0 Å². The Morgan fingerprint density at radius 1 is 1.16 bits per heavy atom. The van der Waals surface area contributed by atoms with Crippen molar-refractivity contribution >= 4 is 5.97 Å². The van der Waals surface area contributed by atoms with Gasteiger partial charge in [0.1, 0.15) is 6.04 Å². The lowest BCUT2D eigenvalue weighted by Crippen LogP contribution is -2.58. The number of esters is 1. The first-order valence-electron chi connectivity index (χ1n) is 7.57. The maximum atomic E-state index is 12.1. The lowest BCUT2D eigenvalue weighted by molar-refractivity contribution is -0.152. The van der Waals surface area contributed by atoms with Gasteiger partial charge in [-0.1, -0.05) is 27.7 Å². The summed E-state index contributed by atoms with van der Waals surface area (Å²) in [5.74, 6) is 1.16. The molecule has 1 heterocycles. The number of carbonyl (C=O) groups is 1. The second-order valence-electron chi connectivity index (χ2n) is 6.31. The van der Waals surface area contributed by atoms with E-state index in [-0.39, 0.29) is 12.0 Å². The van der Waals surface area contributed by atoms with Gasteiger partial charge in [0.15, 0.2) is 0 Å². The van der Waals surface area contributed by atoms with Crippen LogP contribution in [-0.2, 0) is 9.53 Å². The fraction of sp³-hybridized carbons (Fsp3) is 0.933. The molecule has 1 aliphatic rings. The van der Waals surface area contributed by atoms with Crippen molar-refractivity contribution < 1.29 is 9.53 Å². The summed E-state index contributed by atoms with van der Waals surface area (Å²) in [7, 11) is 0. The van der Waals surface area contributed by atoms with Crippen LogP contribution in [0, 0.1) is 11.8 Å². The van der Waals surface area contributed by atoms with Gasteiger partial charge in [-0.3, -0.25) is 14.6 Å². The Balaban J connectivity index is 2.65. The van der Waals surface area contributed by atoms with E-state index >= 15 is 0 Å². The molecule has 0 aliphatic carbocycles. The van der Waals surface area contributed by atoms with E-state index in [1.165, 1.54) is 0 Å². The first-order chi connectivity index (χ1) is 8.93. The van der Waals surface area contributed by atoms with Crippen LogP contribution >= 0.6 is 0 Å². The molecule has 0 aromatic heterocycles. The Labute approximate surface area is 118 Å². The van der Waals surface area contributed by atoms with Gasteiger partial charge in [0.2, 0.25) is 0 Å². The van der Waals surface area contributed by atoms with Crippen molar-refractivity contribution in [2.45, 2.75) is 40.7 Å². The number of carbonyl (C=O) groups excluding carboxylic acids is 1. The standard InChI is InChI=1S/C15H30N2O2/c1-6-19-15(18)14-11-16(9-12(2)3)7-8-17(14)10-13(4)5/h12-14H,6-11H2,1-5H3. The monoisotopic (exact) mass is 270 g/mol. The minimum Gasteiger partial charge on any atom is -0.465 e. The van der Waals surface area contributed by atoms with E-state index in [0.717, 1.165) is 32.7 Å². The number of hydrogen-bond donors (Lipinski definition) is 0. The van der Waals surface area contributed by atoms with E-state index in [9.17, 15) is 4.79 Å². The van der Waals surface area contributed by atoms with Crippen LogP contribution in [0.25, 0.3) is 0 Å². The van der Waals surface area contributed by atoms with Crippen LogP contribution in [0.15, 0.2) is 0 Å². The van der Waals surface area contributed by atoms with Crippen molar-refractivity contribution in [1.29, 1.82) is 0 Å². The van der Waals surface area contributed by atoms with Gasteiger partial charge in [0.05, 0.1) is 6.61 Å². The molecular formula is C15H30N2O2. The van der Waals surface area contributed by atoms with Crippen molar-refractivity contribution in [3.05, 3.63) is 0 Å². The number of hydrogen-bond acceptors (Lipinski definition) is 4. The predicted molar refractivity (Wildman–Crippen MR) is 78.1 cm³/mol. The van der Waals surface area contributed by atoms with Crippen molar-refractivity contribution in [1.82, 2.24) is 9.80 Å². The highest BCUT2D eigenvalue weighted by molar-refractivity contribution is 5.76. The Hall–Kier alpha value is -0.610. The summed E-state index contributed by atoms with van der Waals surface area (Å²) in [5.41, 5.74) is 0. The van der Waals surface area contributed by atoms with Crippen LogP contribution in [-0.4, -0.2) is 61.1 Å².